The van der Waals surface area contributed by atoms with Gasteiger partial charge in [0.2, 0.25) is 10.0 Å². The monoisotopic (exact) mass is 384 g/mol. The molecule has 26 heavy (non-hydrogen) atoms. The molecule has 1 N–H and O–H groups in total. The first-order valence-corrected chi connectivity index (χ1v) is 11.5. The second kappa shape index (κ2) is 11.2. The summed E-state index contributed by atoms with van der Waals surface area (Å²) >= 11 is 0. The van der Waals surface area contributed by atoms with Crippen molar-refractivity contribution < 1.29 is 13.3 Å². The lowest BCUT2D eigenvalue weighted by molar-refractivity contribution is -0.385. The molecule has 0 heterocycles. The van der Waals surface area contributed by atoms with Crippen LogP contribution in [0.2, 0.25) is 0 Å². The predicted molar refractivity (Wildman–Crippen MR) is 107 cm³/mol. The van der Waals surface area contributed by atoms with Crippen LogP contribution in [0.15, 0.2) is 12.1 Å². The van der Waals surface area contributed by atoms with Gasteiger partial charge in [-0.2, -0.15) is 0 Å². The molecule has 0 amide bonds. The Morgan fingerprint density at radius 1 is 0.923 bits per heavy atom. The van der Waals surface area contributed by atoms with Crippen molar-refractivity contribution in [3.63, 3.8) is 0 Å². The zero-order chi connectivity index (χ0) is 19.6. The van der Waals surface area contributed by atoms with Gasteiger partial charge in [0, 0.05) is 12.1 Å². The summed E-state index contributed by atoms with van der Waals surface area (Å²) in [5.41, 5.74) is 2.04. The van der Waals surface area contributed by atoms with Crippen molar-refractivity contribution in [1.29, 1.82) is 0 Å². The molecule has 7 heteroatoms. The van der Waals surface area contributed by atoms with Crippen molar-refractivity contribution in [2.45, 2.75) is 78.1 Å². The smallest absolute Gasteiger partial charge is 0.270 e. The average molecular weight is 385 g/mol. The molecule has 1 aromatic carbocycles. The van der Waals surface area contributed by atoms with Gasteiger partial charge in [-0.25, -0.2) is 8.42 Å². The quantitative estimate of drug-likeness (QED) is 0.287. The molecule has 0 bridgehead atoms. The van der Waals surface area contributed by atoms with Gasteiger partial charge in [-0.1, -0.05) is 52.4 Å². The number of unbranched alkanes of at least 4 members (excludes halogenated alkanes) is 6. The van der Waals surface area contributed by atoms with Crippen LogP contribution in [-0.2, 0) is 22.9 Å². The Balaban J connectivity index is 3.18. The summed E-state index contributed by atoms with van der Waals surface area (Å²) in [5.74, 6) is 0. The Bertz CT molecular complexity index is 654. The van der Waals surface area contributed by atoms with Gasteiger partial charge < -0.3 is 0 Å². The van der Waals surface area contributed by atoms with E-state index in [2.05, 4.69) is 18.6 Å². The first-order valence-electron chi connectivity index (χ1n) is 9.56. The molecule has 0 aliphatic rings. The standard InChI is InChI=1S/C19H32N2O4S/c1-4-6-8-10-12-16-14-18(21(22)23)15-17(13-11-9-7-5-2)19(16)20-26(3,24)25/h14-15,20H,4-13H2,1-3H3. The number of anilines is 1. The molecule has 0 unspecified atom stereocenters. The number of nitrogens with zero attached hydrogens (tertiary/aromatic N) is 1. The number of aryl methyl sites for hydroxylation is 2. The summed E-state index contributed by atoms with van der Waals surface area (Å²) in [4.78, 5) is 10.9. The van der Waals surface area contributed by atoms with E-state index in [0.29, 0.717) is 18.5 Å². The summed E-state index contributed by atoms with van der Waals surface area (Å²) in [6.45, 7) is 4.25. The maximum atomic E-state index is 11.8. The summed E-state index contributed by atoms with van der Waals surface area (Å²) in [6.07, 6.45) is 10.7. The van der Waals surface area contributed by atoms with E-state index in [1.165, 1.54) is 12.1 Å². The van der Waals surface area contributed by atoms with E-state index < -0.39 is 14.9 Å². The first-order chi connectivity index (χ1) is 12.3. The summed E-state index contributed by atoms with van der Waals surface area (Å²) in [7, 11) is -3.45. The van der Waals surface area contributed by atoms with Crippen LogP contribution in [0.1, 0.15) is 76.3 Å². The van der Waals surface area contributed by atoms with E-state index in [-0.39, 0.29) is 5.69 Å². The molecule has 0 aromatic heterocycles. The fourth-order valence-electron chi connectivity index (χ4n) is 3.05. The SMILES string of the molecule is CCCCCCc1cc([N+](=O)[O-])cc(CCCCCC)c1NS(C)(=O)=O. The van der Waals surface area contributed by atoms with Crippen molar-refractivity contribution in [3.05, 3.63) is 33.4 Å². The van der Waals surface area contributed by atoms with Gasteiger partial charge in [0.05, 0.1) is 16.9 Å². The Hall–Kier alpha value is -1.63. The maximum absolute atomic E-state index is 11.8. The third kappa shape index (κ3) is 8.17. The first kappa shape index (κ1) is 22.4. The number of nitro groups is 1. The minimum Gasteiger partial charge on any atom is -0.283 e. The number of non-ortho nitro benzene ring substituents is 1. The number of nitro benzene ring substituents is 1. The second-order valence-corrected chi connectivity index (χ2v) is 8.64. The van der Waals surface area contributed by atoms with Crippen molar-refractivity contribution in [3.8, 4) is 0 Å². The largest absolute Gasteiger partial charge is 0.283 e. The van der Waals surface area contributed by atoms with Crippen molar-refractivity contribution in [2.75, 3.05) is 11.0 Å². The third-order valence-corrected chi connectivity index (χ3v) is 4.96. The lowest BCUT2D eigenvalue weighted by Crippen LogP contribution is -2.14. The molecule has 0 spiro atoms. The zero-order valence-electron chi connectivity index (χ0n) is 16.2. The lowest BCUT2D eigenvalue weighted by Gasteiger charge is -2.16. The van der Waals surface area contributed by atoms with Gasteiger partial charge in [-0.15, -0.1) is 0 Å². The number of rotatable bonds is 13. The molecule has 0 atom stereocenters. The van der Waals surface area contributed by atoms with Gasteiger partial charge in [0.15, 0.2) is 0 Å². The van der Waals surface area contributed by atoms with E-state index >= 15 is 0 Å². The highest BCUT2D eigenvalue weighted by atomic mass is 32.2. The number of hydrogen-bond donors (Lipinski definition) is 1. The minimum absolute atomic E-state index is 0.0417. The normalized spacial score (nSPS) is 11.5. The van der Waals surface area contributed by atoms with Crippen LogP contribution in [0, 0.1) is 10.1 Å². The summed E-state index contributed by atoms with van der Waals surface area (Å²) in [5, 5.41) is 11.3. The molecule has 6 nitrogen and oxygen atoms in total. The lowest BCUT2D eigenvalue weighted by atomic mass is 9.97. The highest BCUT2D eigenvalue weighted by molar-refractivity contribution is 7.92. The van der Waals surface area contributed by atoms with E-state index in [1.54, 1.807) is 0 Å². The Morgan fingerprint density at radius 3 is 1.73 bits per heavy atom. The van der Waals surface area contributed by atoms with Gasteiger partial charge in [-0.05, 0) is 36.8 Å². The molecule has 1 aromatic rings. The fourth-order valence-corrected chi connectivity index (χ4v) is 3.68. The summed E-state index contributed by atoms with van der Waals surface area (Å²) in [6, 6.07) is 3.05. The van der Waals surface area contributed by atoms with Gasteiger partial charge >= 0.3 is 0 Å². The minimum atomic E-state index is -3.45. The predicted octanol–water partition coefficient (Wildman–Crippen LogP) is 5.21. The molecule has 0 radical (unpaired) electrons. The molecule has 0 saturated heterocycles. The van der Waals surface area contributed by atoms with Crippen LogP contribution in [0.3, 0.4) is 0 Å². The number of benzene rings is 1. The van der Waals surface area contributed by atoms with E-state index in [0.717, 1.165) is 68.7 Å². The maximum Gasteiger partial charge on any atom is 0.270 e. The molecular weight excluding hydrogens is 352 g/mol. The van der Waals surface area contributed by atoms with E-state index in [1.807, 2.05) is 0 Å². The Kier molecular flexibility index (Phi) is 9.62. The fraction of sp³-hybridized carbons (Fsp3) is 0.684. The van der Waals surface area contributed by atoms with Crippen LogP contribution in [0.4, 0.5) is 11.4 Å². The Labute approximate surface area is 157 Å². The average Bonchev–Trinajstić information content (AvgIpc) is 2.56. The molecule has 0 saturated carbocycles. The van der Waals surface area contributed by atoms with Crippen LogP contribution < -0.4 is 4.72 Å². The summed E-state index contributed by atoms with van der Waals surface area (Å²) < 4.78 is 26.3. The number of sulfonamides is 1. The van der Waals surface area contributed by atoms with Crippen molar-refractivity contribution >= 4 is 21.4 Å². The van der Waals surface area contributed by atoms with Crippen LogP contribution in [-0.4, -0.2) is 19.6 Å². The topological polar surface area (TPSA) is 89.3 Å². The molecule has 0 aliphatic carbocycles. The molecule has 0 aliphatic heterocycles. The molecule has 1 rings (SSSR count). The van der Waals surface area contributed by atoms with Crippen molar-refractivity contribution in [1.82, 2.24) is 0 Å². The molecule has 148 valence electrons. The number of nitrogens with one attached hydrogen (secondary N) is 1. The van der Waals surface area contributed by atoms with Crippen molar-refractivity contribution in [2.24, 2.45) is 0 Å². The Morgan fingerprint density at radius 2 is 1.38 bits per heavy atom. The zero-order valence-corrected chi connectivity index (χ0v) is 17.0. The second-order valence-electron chi connectivity index (χ2n) is 6.89. The third-order valence-electron chi connectivity index (χ3n) is 4.38. The number of hydrogen-bond acceptors (Lipinski definition) is 4. The van der Waals surface area contributed by atoms with Crippen LogP contribution in [0.5, 0.6) is 0 Å². The van der Waals surface area contributed by atoms with E-state index in [9.17, 15) is 18.5 Å². The molecular formula is C19H32N2O4S. The van der Waals surface area contributed by atoms with Gasteiger partial charge in [0.25, 0.3) is 5.69 Å². The van der Waals surface area contributed by atoms with Crippen LogP contribution in [0.25, 0.3) is 0 Å². The molecule has 0 fully saturated rings. The van der Waals surface area contributed by atoms with Crippen LogP contribution >= 0.6 is 0 Å². The van der Waals surface area contributed by atoms with Gasteiger partial charge in [0.1, 0.15) is 0 Å². The highest BCUT2D eigenvalue weighted by Crippen LogP contribution is 2.31. The van der Waals surface area contributed by atoms with Gasteiger partial charge in [-0.3, -0.25) is 14.8 Å². The highest BCUT2D eigenvalue weighted by Gasteiger charge is 2.18. The van der Waals surface area contributed by atoms with E-state index in [4.69, 9.17) is 0 Å².